The predicted octanol–water partition coefficient (Wildman–Crippen LogP) is 1.47. The molecule has 0 aliphatic heterocycles. The van der Waals surface area contributed by atoms with Gasteiger partial charge in [-0.1, -0.05) is 12.8 Å². The standard InChI is InChI=1S/C7H14FN/c8-7(5-9)6-3-1-2-4-6/h6-7H,1-5,9H2/t7-/m1/s1. The molecule has 0 unspecified atom stereocenters. The van der Waals surface area contributed by atoms with Gasteiger partial charge >= 0.3 is 0 Å². The van der Waals surface area contributed by atoms with Crippen LogP contribution in [0.5, 0.6) is 0 Å². The first-order chi connectivity index (χ1) is 4.34. The van der Waals surface area contributed by atoms with Crippen LogP contribution in [0.3, 0.4) is 0 Å². The number of halogens is 1. The average molecular weight is 131 g/mol. The molecule has 1 atom stereocenters. The first-order valence-electron chi connectivity index (χ1n) is 3.68. The van der Waals surface area contributed by atoms with Gasteiger partial charge in [0.2, 0.25) is 0 Å². The second-order valence-corrected chi connectivity index (χ2v) is 2.80. The molecule has 1 aliphatic rings. The fourth-order valence-corrected chi connectivity index (χ4v) is 1.51. The lowest BCUT2D eigenvalue weighted by Gasteiger charge is -2.11. The maximum absolute atomic E-state index is 12.7. The van der Waals surface area contributed by atoms with E-state index >= 15 is 0 Å². The van der Waals surface area contributed by atoms with Crippen LogP contribution < -0.4 is 5.73 Å². The van der Waals surface area contributed by atoms with Gasteiger partial charge in [0.1, 0.15) is 6.17 Å². The summed E-state index contributed by atoms with van der Waals surface area (Å²) in [5, 5.41) is 0. The predicted molar refractivity (Wildman–Crippen MR) is 35.9 cm³/mol. The summed E-state index contributed by atoms with van der Waals surface area (Å²) in [5.74, 6) is 0.287. The summed E-state index contributed by atoms with van der Waals surface area (Å²) in [6, 6.07) is 0. The van der Waals surface area contributed by atoms with Crippen LogP contribution in [0.1, 0.15) is 25.7 Å². The molecule has 1 nitrogen and oxygen atoms in total. The van der Waals surface area contributed by atoms with E-state index in [9.17, 15) is 4.39 Å². The molecule has 1 rings (SSSR count). The second kappa shape index (κ2) is 3.16. The molecule has 9 heavy (non-hydrogen) atoms. The molecule has 1 aliphatic carbocycles. The zero-order chi connectivity index (χ0) is 6.69. The van der Waals surface area contributed by atoms with E-state index in [4.69, 9.17) is 5.73 Å². The highest BCUT2D eigenvalue weighted by Crippen LogP contribution is 2.28. The van der Waals surface area contributed by atoms with Crippen LogP contribution in [0.25, 0.3) is 0 Å². The molecule has 0 saturated heterocycles. The molecule has 1 saturated carbocycles. The molecule has 0 aromatic carbocycles. The topological polar surface area (TPSA) is 26.0 Å². The van der Waals surface area contributed by atoms with Crippen molar-refractivity contribution in [3.05, 3.63) is 0 Å². The Kier molecular flexibility index (Phi) is 2.46. The third kappa shape index (κ3) is 1.65. The van der Waals surface area contributed by atoms with Crippen molar-refractivity contribution in [2.45, 2.75) is 31.9 Å². The zero-order valence-corrected chi connectivity index (χ0v) is 5.65. The molecule has 0 amide bonds. The fraction of sp³-hybridized carbons (Fsp3) is 1.00. The highest BCUT2D eigenvalue weighted by Gasteiger charge is 2.22. The van der Waals surface area contributed by atoms with Crippen LogP contribution >= 0.6 is 0 Å². The Labute approximate surface area is 55.4 Å². The van der Waals surface area contributed by atoms with Crippen LogP contribution in [0.4, 0.5) is 4.39 Å². The highest BCUT2D eigenvalue weighted by atomic mass is 19.1. The molecule has 0 bridgehead atoms. The van der Waals surface area contributed by atoms with E-state index < -0.39 is 6.17 Å². The van der Waals surface area contributed by atoms with Crippen molar-refractivity contribution in [3.63, 3.8) is 0 Å². The number of alkyl halides is 1. The molecule has 0 aromatic rings. The second-order valence-electron chi connectivity index (χ2n) is 2.80. The van der Waals surface area contributed by atoms with Gasteiger partial charge in [0.15, 0.2) is 0 Å². The van der Waals surface area contributed by atoms with E-state index in [2.05, 4.69) is 0 Å². The lowest BCUT2D eigenvalue weighted by molar-refractivity contribution is 0.238. The Bertz CT molecular complexity index is 79.0. The van der Waals surface area contributed by atoms with E-state index in [0.717, 1.165) is 12.8 Å². The number of nitrogens with two attached hydrogens (primary N) is 1. The lowest BCUT2D eigenvalue weighted by Crippen LogP contribution is -2.22. The lowest BCUT2D eigenvalue weighted by atomic mass is 10.0. The Balaban J connectivity index is 2.24. The summed E-state index contributed by atoms with van der Waals surface area (Å²) in [6.45, 7) is 0.213. The van der Waals surface area contributed by atoms with Gasteiger partial charge in [-0.25, -0.2) is 4.39 Å². The minimum absolute atomic E-state index is 0.213. The molecule has 54 valence electrons. The number of rotatable bonds is 2. The van der Waals surface area contributed by atoms with E-state index in [-0.39, 0.29) is 12.5 Å². The number of hydrogen-bond acceptors (Lipinski definition) is 1. The molecule has 0 spiro atoms. The summed E-state index contributed by atoms with van der Waals surface area (Å²) in [7, 11) is 0. The zero-order valence-electron chi connectivity index (χ0n) is 5.65. The quantitative estimate of drug-likeness (QED) is 0.603. The first-order valence-corrected chi connectivity index (χ1v) is 3.68. The maximum Gasteiger partial charge on any atom is 0.115 e. The van der Waals surface area contributed by atoms with Crippen molar-refractivity contribution in [1.82, 2.24) is 0 Å². The van der Waals surface area contributed by atoms with Gasteiger partial charge in [0.05, 0.1) is 0 Å². The van der Waals surface area contributed by atoms with Crippen LogP contribution in [0, 0.1) is 5.92 Å². The Morgan fingerprint density at radius 3 is 2.44 bits per heavy atom. The largest absolute Gasteiger partial charge is 0.328 e. The monoisotopic (exact) mass is 131 g/mol. The molecule has 0 aromatic heterocycles. The van der Waals surface area contributed by atoms with E-state index in [1.807, 2.05) is 0 Å². The molecule has 2 heteroatoms. The first kappa shape index (κ1) is 7.00. The smallest absolute Gasteiger partial charge is 0.115 e. The molecular formula is C7H14FN. The SMILES string of the molecule is NC[C@@H](F)C1CCCC1. The van der Waals surface area contributed by atoms with Crippen molar-refractivity contribution in [2.24, 2.45) is 11.7 Å². The summed E-state index contributed by atoms with van der Waals surface area (Å²) in [4.78, 5) is 0. The average Bonchev–Trinajstić information content (AvgIpc) is 2.37. The van der Waals surface area contributed by atoms with E-state index in [1.165, 1.54) is 12.8 Å². The van der Waals surface area contributed by atoms with Gasteiger partial charge in [0.25, 0.3) is 0 Å². The van der Waals surface area contributed by atoms with Crippen LogP contribution in [0.15, 0.2) is 0 Å². The molecular weight excluding hydrogens is 117 g/mol. The molecule has 0 heterocycles. The van der Waals surface area contributed by atoms with Crippen LogP contribution in [-0.2, 0) is 0 Å². The normalized spacial score (nSPS) is 24.7. The van der Waals surface area contributed by atoms with Crippen molar-refractivity contribution in [1.29, 1.82) is 0 Å². The fourth-order valence-electron chi connectivity index (χ4n) is 1.51. The van der Waals surface area contributed by atoms with Gasteiger partial charge < -0.3 is 5.73 Å². The van der Waals surface area contributed by atoms with E-state index in [0.29, 0.717) is 0 Å². The Morgan fingerprint density at radius 1 is 1.44 bits per heavy atom. The van der Waals surface area contributed by atoms with Gasteiger partial charge in [-0.15, -0.1) is 0 Å². The van der Waals surface area contributed by atoms with Crippen LogP contribution in [-0.4, -0.2) is 12.7 Å². The third-order valence-corrected chi connectivity index (χ3v) is 2.14. The van der Waals surface area contributed by atoms with Crippen molar-refractivity contribution >= 4 is 0 Å². The Morgan fingerprint density at radius 2 is 2.00 bits per heavy atom. The van der Waals surface area contributed by atoms with Crippen molar-refractivity contribution in [2.75, 3.05) is 6.54 Å². The van der Waals surface area contributed by atoms with Gasteiger partial charge in [-0.2, -0.15) is 0 Å². The van der Waals surface area contributed by atoms with Crippen molar-refractivity contribution < 1.29 is 4.39 Å². The van der Waals surface area contributed by atoms with Crippen LogP contribution in [0.2, 0.25) is 0 Å². The minimum Gasteiger partial charge on any atom is -0.328 e. The molecule has 2 N–H and O–H groups in total. The molecule has 0 radical (unpaired) electrons. The van der Waals surface area contributed by atoms with E-state index in [1.54, 1.807) is 0 Å². The summed E-state index contributed by atoms with van der Waals surface area (Å²) in [5.41, 5.74) is 5.18. The number of hydrogen-bond donors (Lipinski definition) is 1. The minimum atomic E-state index is -0.729. The summed E-state index contributed by atoms with van der Waals surface area (Å²) in [6.07, 6.45) is 3.78. The van der Waals surface area contributed by atoms with Gasteiger partial charge in [-0.3, -0.25) is 0 Å². The Hall–Kier alpha value is -0.110. The van der Waals surface area contributed by atoms with Gasteiger partial charge in [-0.05, 0) is 18.8 Å². The highest BCUT2D eigenvalue weighted by molar-refractivity contribution is 4.74. The maximum atomic E-state index is 12.7. The van der Waals surface area contributed by atoms with Gasteiger partial charge in [0, 0.05) is 6.54 Å². The summed E-state index contributed by atoms with van der Waals surface area (Å²) < 4.78 is 12.7. The summed E-state index contributed by atoms with van der Waals surface area (Å²) >= 11 is 0. The van der Waals surface area contributed by atoms with Crippen molar-refractivity contribution in [3.8, 4) is 0 Å². The molecule has 1 fully saturated rings. The third-order valence-electron chi connectivity index (χ3n) is 2.14.